The Morgan fingerprint density at radius 2 is 1.90 bits per heavy atom. The summed E-state index contributed by atoms with van der Waals surface area (Å²) in [6, 6.07) is 8.70. The Morgan fingerprint density at radius 1 is 1.24 bits per heavy atom. The molecule has 1 rings (SSSR count). The van der Waals surface area contributed by atoms with Gasteiger partial charge in [-0.3, -0.25) is 4.79 Å². The molecule has 0 aromatic heterocycles. The number of amides is 1. The predicted molar refractivity (Wildman–Crippen MR) is 78.6 cm³/mol. The number of nitrogens with two attached hydrogens (primary N) is 1. The average molecular weight is 294 g/mol. The number of hydrogen-bond acceptors (Lipinski definition) is 5. The van der Waals surface area contributed by atoms with Crippen molar-refractivity contribution in [3.63, 3.8) is 0 Å². The Morgan fingerprint density at radius 3 is 2.43 bits per heavy atom. The molecule has 0 aliphatic heterocycles. The van der Waals surface area contributed by atoms with Crippen molar-refractivity contribution in [3.05, 3.63) is 35.9 Å². The maximum Gasteiger partial charge on any atom is 0.328 e. The van der Waals surface area contributed by atoms with Gasteiger partial charge in [0.25, 0.3) is 0 Å². The maximum absolute atomic E-state index is 11.9. The van der Waals surface area contributed by atoms with Gasteiger partial charge in [-0.25, -0.2) is 4.79 Å². The summed E-state index contributed by atoms with van der Waals surface area (Å²) in [5, 5.41) is 2.67. The van der Waals surface area contributed by atoms with E-state index in [1.54, 1.807) is 0 Å². The van der Waals surface area contributed by atoms with Crippen molar-refractivity contribution in [1.29, 1.82) is 0 Å². The Kier molecular flexibility index (Phi) is 7.42. The lowest BCUT2D eigenvalue weighted by atomic mass is 10.1. The normalized spacial score (nSPS) is 13.3. The van der Waals surface area contributed by atoms with Crippen molar-refractivity contribution in [2.75, 3.05) is 20.8 Å². The number of esters is 1. The molecule has 116 valence electrons. The molecule has 1 aromatic carbocycles. The molecule has 3 N–H and O–H groups in total. The highest BCUT2D eigenvalue weighted by Crippen LogP contribution is 2.05. The topological polar surface area (TPSA) is 90.7 Å². The molecule has 0 heterocycles. The van der Waals surface area contributed by atoms with Gasteiger partial charge in [0.1, 0.15) is 6.04 Å². The molecule has 0 saturated carbocycles. The molecule has 0 saturated heterocycles. The summed E-state index contributed by atoms with van der Waals surface area (Å²) in [6.45, 7) is 0.242. The van der Waals surface area contributed by atoms with E-state index in [-0.39, 0.29) is 25.0 Å². The summed E-state index contributed by atoms with van der Waals surface area (Å²) >= 11 is 0. The van der Waals surface area contributed by atoms with Gasteiger partial charge in [-0.05, 0) is 5.56 Å². The number of carbonyl (C=O) groups is 2. The van der Waals surface area contributed by atoms with Gasteiger partial charge in [-0.2, -0.15) is 0 Å². The number of methoxy groups -OCH3 is 2. The minimum absolute atomic E-state index is 0.106. The third-order valence-electron chi connectivity index (χ3n) is 3.11. The Labute approximate surface area is 124 Å². The molecule has 0 radical (unpaired) electrons. The highest BCUT2D eigenvalue weighted by atomic mass is 16.5. The van der Waals surface area contributed by atoms with Crippen molar-refractivity contribution in [2.24, 2.45) is 5.73 Å². The van der Waals surface area contributed by atoms with Gasteiger partial charge >= 0.3 is 5.97 Å². The number of ether oxygens (including phenoxy) is 2. The molecule has 2 atom stereocenters. The molecular weight excluding hydrogens is 272 g/mol. The third-order valence-corrected chi connectivity index (χ3v) is 3.11. The van der Waals surface area contributed by atoms with Crippen LogP contribution in [0.4, 0.5) is 0 Å². The zero-order valence-electron chi connectivity index (χ0n) is 12.4. The lowest BCUT2D eigenvalue weighted by Crippen LogP contribution is -2.44. The van der Waals surface area contributed by atoms with Crippen molar-refractivity contribution in [1.82, 2.24) is 5.32 Å². The summed E-state index contributed by atoms with van der Waals surface area (Å²) in [5.41, 5.74) is 6.42. The van der Waals surface area contributed by atoms with Crippen LogP contribution in [0.25, 0.3) is 0 Å². The lowest BCUT2D eigenvalue weighted by molar-refractivity contribution is -0.145. The highest BCUT2D eigenvalue weighted by Gasteiger charge is 2.23. The minimum atomic E-state index is -0.722. The van der Waals surface area contributed by atoms with Gasteiger partial charge in [0.05, 0.1) is 19.6 Å². The maximum atomic E-state index is 11.9. The van der Waals surface area contributed by atoms with Crippen molar-refractivity contribution < 1.29 is 19.1 Å². The largest absolute Gasteiger partial charge is 0.467 e. The van der Waals surface area contributed by atoms with Crippen LogP contribution in [0.1, 0.15) is 12.0 Å². The van der Waals surface area contributed by atoms with Gasteiger partial charge in [-0.1, -0.05) is 30.3 Å². The number of carbonyl (C=O) groups excluding carboxylic acids is 2. The fraction of sp³-hybridized carbons (Fsp3) is 0.467. The van der Waals surface area contributed by atoms with Gasteiger partial charge in [0.15, 0.2) is 0 Å². The number of hydrogen-bond donors (Lipinski definition) is 2. The first-order valence-electron chi connectivity index (χ1n) is 6.74. The first-order valence-corrected chi connectivity index (χ1v) is 6.74. The van der Waals surface area contributed by atoms with E-state index in [1.165, 1.54) is 14.2 Å². The number of nitrogens with one attached hydrogen (secondary N) is 1. The molecule has 1 amide bonds. The van der Waals surface area contributed by atoms with Crippen LogP contribution in [0.2, 0.25) is 0 Å². The first-order chi connectivity index (χ1) is 10.1. The highest BCUT2D eigenvalue weighted by molar-refractivity contribution is 5.84. The molecule has 0 spiro atoms. The minimum Gasteiger partial charge on any atom is -0.467 e. The van der Waals surface area contributed by atoms with E-state index in [1.807, 2.05) is 30.3 Å². The fourth-order valence-electron chi connectivity index (χ4n) is 1.91. The second-order valence-corrected chi connectivity index (χ2v) is 4.63. The van der Waals surface area contributed by atoms with E-state index >= 15 is 0 Å². The molecule has 0 aliphatic carbocycles. The van der Waals surface area contributed by atoms with Crippen LogP contribution < -0.4 is 11.1 Å². The average Bonchev–Trinajstić information content (AvgIpc) is 2.52. The molecule has 1 aromatic rings. The first kappa shape index (κ1) is 17.1. The summed E-state index contributed by atoms with van der Waals surface area (Å²) in [5.74, 6) is -0.771. The van der Waals surface area contributed by atoms with Crippen LogP contribution in [-0.4, -0.2) is 44.8 Å². The van der Waals surface area contributed by atoms with Crippen molar-refractivity contribution >= 4 is 11.9 Å². The van der Waals surface area contributed by atoms with E-state index in [0.717, 1.165) is 5.56 Å². The molecule has 21 heavy (non-hydrogen) atoms. The van der Waals surface area contributed by atoms with E-state index in [0.29, 0.717) is 6.42 Å². The quantitative estimate of drug-likeness (QED) is 0.671. The molecule has 6 nitrogen and oxygen atoms in total. The van der Waals surface area contributed by atoms with Crippen LogP contribution in [-0.2, 0) is 25.5 Å². The molecule has 6 heteroatoms. The molecule has 0 aliphatic rings. The van der Waals surface area contributed by atoms with Gasteiger partial charge in [0, 0.05) is 20.1 Å². The van der Waals surface area contributed by atoms with Crippen LogP contribution in [0.3, 0.4) is 0 Å². The Bertz CT molecular complexity index is 446. The van der Waals surface area contributed by atoms with Gasteiger partial charge in [-0.15, -0.1) is 0 Å². The van der Waals surface area contributed by atoms with Crippen LogP contribution in [0.15, 0.2) is 30.3 Å². The predicted octanol–water partition coefficient (Wildman–Crippen LogP) is 0.251. The number of benzene rings is 1. The molecule has 0 fully saturated rings. The van der Waals surface area contributed by atoms with Crippen molar-refractivity contribution in [3.8, 4) is 0 Å². The molecule has 2 unspecified atom stereocenters. The van der Waals surface area contributed by atoms with E-state index in [2.05, 4.69) is 5.32 Å². The second-order valence-electron chi connectivity index (χ2n) is 4.63. The van der Waals surface area contributed by atoms with Crippen LogP contribution in [0, 0.1) is 0 Å². The standard InChI is InChI=1S/C15H22N2O4/c1-20-12(10-16)9-14(18)17-13(15(19)21-2)8-11-6-4-3-5-7-11/h3-7,12-13H,8-10,16H2,1-2H3,(H,17,18). The SMILES string of the molecule is COC(=O)C(Cc1ccccc1)NC(=O)CC(CN)OC. The summed E-state index contributed by atoms with van der Waals surface area (Å²) in [4.78, 5) is 23.7. The number of rotatable bonds is 8. The van der Waals surface area contributed by atoms with Gasteiger partial charge in [0.2, 0.25) is 5.91 Å². The zero-order valence-corrected chi connectivity index (χ0v) is 12.4. The lowest BCUT2D eigenvalue weighted by Gasteiger charge is -2.18. The molecule has 0 bridgehead atoms. The Balaban J connectivity index is 2.66. The Hall–Kier alpha value is -1.92. The van der Waals surface area contributed by atoms with Crippen LogP contribution >= 0.6 is 0 Å². The second kappa shape index (κ2) is 9.10. The van der Waals surface area contributed by atoms with Gasteiger partial charge < -0.3 is 20.5 Å². The van der Waals surface area contributed by atoms with E-state index in [4.69, 9.17) is 15.2 Å². The smallest absolute Gasteiger partial charge is 0.328 e. The monoisotopic (exact) mass is 294 g/mol. The van der Waals surface area contributed by atoms with E-state index in [9.17, 15) is 9.59 Å². The van der Waals surface area contributed by atoms with E-state index < -0.39 is 12.0 Å². The fourth-order valence-corrected chi connectivity index (χ4v) is 1.91. The van der Waals surface area contributed by atoms with Crippen molar-refractivity contribution in [2.45, 2.75) is 25.0 Å². The summed E-state index contributed by atoms with van der Waals surface area (Å²) in [6.07, 6.45) is 0.120. The van der Waals surface area contributed by atoms with Crippen LogP contribution in [0.5, 0.6) is 0 Å². The summed E-state index contributed by atoms with van der Waals surface area (Å²) in [7, 11) is 2.79. The zero-order chi connectivity index (χ0) is 15.7. The summed E-state index contributed by atoms with van der Waals surface area (Å²) < 4.78 is 9.79. The third kappa shape index (κ3) is 5.93. The molecular formula is C15H22N2O4.